The number of thiazole rings is 1. The molecule has 7 N–H and O–H groups in total. The quantitative estimate of drug-likeness (QED) is 0.0708. The monoisotopic (exact) mass is 947 g/mol. The Bertz CT molecular complexity index is 2630. The van der Waals surface area contributed by atoms with Gasteiger partial charge in [0.05, 0.1) is 28.3 Å². The lowest BCUT2D eigenvalue weighted by Gasteiger charge is -2.35. The number of aryl methyl sites for hydroxylation is 5. The molecule has 2 aliphatic heterocycles. The van der Waals surface area contributed by atoms with E-state index >= 15 is 0 Å². The van der Waals surface area contributed by atoms with Crippen LogP contribution in [-0.4, -0.2) is 161 Å². The first kappa shape index (κ1) is 50.0. The molecule has 0 aliphatic carbocycles. The van der Waals surface area contributed by atoms with E-state index in [1.807, 2.05) is 101 Å². The third kappa shape index (κ3) is 13.8. The van der Waals surface area contributed by atoms with Crippen LogP contribution in [0.2, 0.25) is 0 Å². The number of aromatic nitrogens is 2. The van der Waals surface area contributed by atoms with Gasteiger partial charge in [0.15, 0.2) is 0 Å². The molecule has 0 radical (unpaired) electrons. The van der Waals surface area contributed by atoms with Gasteiger partial charge in [-0.3, -0.25) is 34.0 Å². The highest BCUT2D eigenvalue weighted by atomic mass is 32.1. The summed E-state index contributed by atoms with van der Waals surface area (Å²) in [6, 6.07) is 25.0. The third-order valence-electron chi connectivity index (χ3n) is 12.3. The molecule has 6 aromatic rings. The van der Waals surface area contributed by atoms with Gasteiger partial charge in [-0.15, -0.1) is 11.3 Å². The van der Waals surface area contributed by atoms with Crippen LogP contribution in [0.5, 0.6) is 11.5 Å². The summed E-state index contributed by atoms with van der Waals surface area (Å²) >= 11 is 1.66. The van der Waals surface area contributed by atoms with Crippen molar-refractivity contribution in [3.05, 3.63) is 112 Å². The van der Waals surface area contributed by atoms with Gasteiger partial charge in [0.1, 0.15) is 42.6 Å². The van der Waals surface area contributed by atoms with Crippen molar-refractivity contribution in [3.63, 3.8) is 0 Å². The van der Waals surface area contributed by atoms with Crippen LogP contribution in [0.4, 0.5) is 11.4 Å². The number of β-amino-alcohol motifs (C(OH)–C–C–N with tert-alkyl or cyclic N) is 2. The SMILES string of the molecule is Cc1cccc(C)c1NC(=O)CN1CCN(CC(O)COc2cccc3[nH]c(C(N)=O)cc23)CC1.Cc1nc2cc(OCC(O)CN3CCN(CC(=O)Nc4c(C)cccc4C)CC3)ccc2s1. The Balaban J connectivity index is 0.000000202. The summed E-state index contributed by atoms with van der Waals surface area (Å²) in [7, 11) is 0. The number of nitrogens with one attached hydrogen (secondary N) is 3. The summed E-state index contributed by atoms with van der Waals surface area (Å²) in [6.07, 6.45) is -1.24. The topological polar surface area (TPSA) is 202 Å². The lowest BCUT2D eigenvalue weighted by molar-refractivity contribution is -0.118. The zero-order valence-electron chi connectivity index (χ0n) is 39.7. The molecule has 2 saturated heterocycles. The number of hydrogen-bond acceptors (Lipinski definition) is 13. The van der Waals surface area contributed by atoms with Crippen LogP contribution in [-0.2, 0) is 9.59 Å². The minimum Gasteiger partial charge on any atom is -0.491 e. The number of benzene rings is 4. The molecule has 4 aromatic carbocycles. The number of nitrogens with two attached hydrogens (primary N) is 1. The van der Waals surface area contributed by atoms with Crippen molar-refractivity contribution in [2.75, 3.05) is 102 Å². The highest BCUT2D eigenvalue weighted by Gasteiger charge is 2.24. The van der Waals surface area contributed by atoms with Gasteiger partial charge in [-0.2, -0.15) is 0 Å². The molecule has 2 unspecified atom stereocenters. The van der Waals surface area contributed by atoms with Crippen LogP contribution in [0, 0.1) is 34.6 Å². The lowest BCUT2D eigenvalue weighted by Crippen LogP contribution is -2.50. The minimum atomic E-state index is -0.668. The van der Waals surface area contributed by atoms with Gasteiger partial charge in [-0.25, -0.2) is 4.98 Å². The van der Waals surface area contributed by atoms with E-state index in [0.717, 1.165) is 118 Å². The second kappa shape index (κ2) is 23.4. The molecule has 3 amide bonds. The van der Waals surface area contributed by atoms with Crippen molar-refractivity contribution >= 4 is 61.6 Å². The highest BCUT2D eigenvalue weighted by molar-refractivity contribution is 7.18. The second-order valence-electron chi connectivity index (χ2n) is 17.8. The summed E-state index contributed by atoms with van der Waals surface area (Å²) in [4.78, 5) is 52.7. The summed E-state index contributed by atoms with van der Waals surface area (Å²) in [6.45, 7) is 18.4. The standard InChI is InChI=1S/C26H33N5O4.C25H32N4O3S/c1-17-5-3-6-18(2)25(17)29-24(33)15-31-11-9-30(10-12-31)14-19(32)16-35-23-8-4-7-21-20(23)13-22(28-21)26(27)34;1-17-5-4-6-18(2)25(17)27-24(31)15-29-11-9-28(10-12-29)14-20(30)16-32-21-7-8-23-22(13-21)26-19(3)33-23/h3-8,13,19,28,32H,9-12,14-16H2,1-2H3,(H2,27,34)(H,29,33);4-8,13,20,30H,9-12,14-16H2,1-3H3,(H,27,31). The van der Waals surface area contributed by atoms with E-state index in [2.05, 4.69) is 40.2 Å². The third-order valence-corrected chi connectivity index (χ3v) is 13.3. The van der Waals surface area contributed by atoms with E-state index in [0.29, 0.717) is 37.6 Å². The predicted octanol–water partition coefficient (Wildman–Crippen LogP) is 5.10. The van der Waals surface area contributed by atoms with Crippen molar-refractivity contribution in [1.29, 1.82) is 0 Å². The average Bonchev–Trinajstić information content (AvgIpc) is 3.93. The number of primary amides is 1. The van der Waals surface area contributed by atoms with Crippen molar-refractivity contribution in [2.24, 2.45) is 5.73 Å². The zero-order valence-corrected chi connectivity index (χ0v) is 40.5. The number of aliphatic hydroxyl groups excluding tert-OH is 2. The number of H-pyrrole nitrogens is 1. The number of amides is 3. The van der Waals surface area contributed by atoms with Gasteiger partial charge in [0.2, 0.25) is 11.8 Å². The number of rotatable bonds is 17. The Morgan fingerprint density at radius 1 is 0.676 bits per heavy atom. The summed E-state index contributed by atoms with van der Waals surface area (Å²) in [5, 5.41) is 28.9. The molecule has 362 valence electrons. The number of para-hydroxylation sites is 2. The molecule has 2 fully saturated rings. The molecule has 0 saturated carbocycles. The van der Waals surface area contributed by atoms with Crippen LogP contribution in [0.3, 0.4) is 0 Å². The van der Waals surface area contributed by atoms with Gasteiger partial charge in [-0.1, -0.05) is 42.5 Å². The van der Waals surface area contributed by atoms with Gasteiger partial charge in [0.25, 0.3) is 5.91 Å². The first-order valence-corrected chi connectivity index (χ1v) is 24.0. The smallest absolute Gasteiger partial charge is 0.265 e. The van der Waals surface area contributed by atoms with E-state index in [1.165, 1.54) is 0 Å². The molecule has 2 aliphatic rings. The Hall–Kier alpha value is -5.92. The molecule has 17 heteroatoms. The number of piperazine rings is 2. The summed E-state index contributed by atoms with van der Waals surface area (Å²) in [5.41, 5.74) is 13.4. The molecule has 8 rings (SSSR count). The van der Waals surface area contributed by atoms with Crippen LogP contribution >= 0.6 is 11.3 Å². The Kier molecular flexibility index (Phi) is 17.2. The van der Waals surface area contributed by atoms with E-state index in [9.17, 15) is 24.6 Å². The van der Waals surface area contributed by atoms with Crippen LogP contribution in [0.25, 0.3) is 21.1 Å². The van der Waals surface area contributed by atoms with Crippen LogP contribution < -0.4 is 25.8 Å². The number of fused-ring (bicyclic) bond motifs is 2. The fourth-order valence-corrected chi connectivity index (χ4v) is 9.43. The molecule has 0 bridgehead atoms. The van der Waals surface area contributed by atoms with Crippen molar-refractivity contribution in [1.82, 2.24) is 29.6 Å². The molecule has 4 heterocycles. The van der Waals surface area contributed by atoms with Crippen LogP contribution in [0.15, 0.2) is 78.9 Å². The van der Waals surface area contributed by atoms with Gasteiger partial charge >= 0.3 is 0 Å². The average molecular weight is 948 g/mol. The maximum absolute atomic E-state index is 12.5. The maximum Gasteiger partial charge on any atom is 0.265 e. The first-order valence-electron chi connectivity index (χ1n) is 23.2. The number of ether oxygens (including phenoxy) is 2. The van der Waals surface area contributed by atoms with E-state index in [1.54, 1.807) is 23.5 Å². The van der Waals surface area contributed by atoms with Crippen molar-refractivity contribution in [3.8, 4) is 11.5 Å². The summed E-state index contributed by atoms with van der Waals surface area (Å²) < 4.78 is 12.8. The van der Waals surface area contributed by atoms with Gasteiger partial charge in [-0.05, 0) is 87.2 Å². The fourth-order valence-electron chi connectivity index (χ4n) is 8.63. The van der Waals surface area contributed by atoms with Crippen LogP contribution in [0.1, 0.15) is 37.7 Å². The molecule has 2 atom stereocenters. The number of nitrogens with zero attached hydrogens (tertiary/aromatic N) is 5. The Morgan fingerprint density at radius 2 is 1.16 bits per heavy atom. The molecular weight excluding hydrogens is 883 g/mol. The molecule has 2 aromatic heterocycles. The fraction of sp³-hybridized carbons (Fsp3) is 0.412. The Morgan fingerprint density at radius 3 is 1.68 bits per heavy atom. The normalized spacial score (nSPS) is 15.9. The first-order chi connectivity index (χ1) is 32.7. The van der Waals surface area contributed by atoms with Gasteiger partial charge in [0, 0.05) is 93.8 Å². The number of aliphatic hydroxyl groups is 2. The number of anilines is 2. The number of aromatic amines is 1. The van der Waals surface area contributed by atoms with Crippen molar-refractivity contribution < 1.29 is 34.1 Å². The Labute approximate surface area is 402 Å². The zero-order chi connectivity index (χ0) is 48.3. The lowest BCUT2D eigenvalue weighted by atomic mass is 10.1. The highest BCUT2D eigenvalue weighted by Crippen LogP contribution is 2.28. The second-order valence-corrected chi connectivity index (χ2v) is 19.1. The van der Waals surface area contributed by atoms with E-state index in [4.69, 9.17) is 15.2 Å². The molecule has 68 heavy (non-hydrogen) atoms. The summed E-state index contributed by atoms with van der Waals surface area (Å²) in [5.74, 6) is 0.787. The molecular formula is C51H65N9O7S. The number of carbonyl (C=O) groups excluding carboxylic acids is 3. The van der Waals surface area contributed by atoms with Crippen molar-refractivity contribution in [2.45, 2.75) is 46.8 Å². The number of carbonyl (C=O) groups is 3. The number of hydrogen-bond donors (Lipinski definition) is 6. The van der Waals surface area contributed by atoms with E-state index < -0.39 is 18.1 Å². The molecule has 16 nitrogen and oxygen atoms in total. The predicted molar refractivity (Wildman–Crippen MR) is 269 cm³/mol. The molecule has 0 spiro atoms. The van der Waals surface area contributed by atoms with Gasteiger partial charge < -0.3 is 41.0 Å². The van der Waals surface area contributed by atoms with E-state index in [-0.39, 0.29) is 25.0 Å². The maximum atomic E-state index is 12.5. The largest absolute Gasteiger partial charge is 0.491 e. The minimum absolute atomic E-state index is 0.0114.